The highest BCUT2D eigenvalue weighted by atomic mass is 32.2. The van der Waals surface area contributed by atoms with Crippen molar-refractivity contribution in [1.29, 1.82) is 5.26 Å². The van der Waals surface area contributed by atoms with E-state index in [1.54, 1.807) is 0 Å². The van der Waals surface area contributed by atoms with Gasteiger partial charge in [-0.2, -0.15) is 5.26 Å². The van der Waals surface area contributed by atoms with E-state index in [1.165, 1.54) is 10.6 Å². The van der Waals surface area contributed by atoms with E-state index in [4.69, 9.17) is 5.26 Å². The first-order valence-corrected chi connectivity index (χ1v) is 6.89. The van der Waals surface area contributed by atoms with E-state index in [0.717, 1.165) is 12.8 Å². The monoisotopic (exact) mass is 231 g/mol. The summed E-state index contributed by atoms with van der Waals surface area (Å²) in [5, 5.41) is 11.8. The minimum Gasteiger partial charge on any atom is -0.299 e. The SMILES string of the molecule is CC(C#N)NC1CCN(S(C)(=O)=O)CC1. The molecule has 1 saturated heterocycles. The van der Waals surface area contributed by atoms with Gasteiger partial charge in [-0.1, -0.05) is 0 Å². The zero-order chi connectivity index (χ0) is 11.5. The van der Waals surface area contributed by atoms with E-state index in [1.807, 2.05) is 6.92 Å². The topological polar surface area (TPSA) is 73.2 Å². The molecule has 1 atom stereocenters. The normalized spacial score (nSPS) is 22.2. The molecule has 5 nitrogen and oxygen atoms in total. The molecular weight excluding hydrogens is 214 g/mol. The molecule has 0 bridgehead atoms. The Morgan fingerprint density at radius 2 is 2.00 bits per heavy atom. The molecule has 0 aromatic rings. The summed E-state index contributed by atoms with van der Waals surface area (Å²) < 4.78 is 23.9. The predicted molar refractivity (Wildman–Crippen MR) is 57.6 cm³/mol. The minimum absolute atomic E-state index is 0.167. The Labute approximate surface area is 91.1 Å². The van der Waals surface area contributed by atoms with Crippen LogP contribution in [0.4, 0.5) is 0 Å². The largest absolute Gasteiger partial charge is 0.299 e. The maximum Gasteiger partial charge on any atom is 0.211 e. The Morgan fingerprint density at radius 1 is 1.47 bits per heavy atom. The fraction of sp³-hybridized carbons (Fsp3) is 0.889. The predicted octanol–water partition coefficient (Wildman–Crippen LogP) is -0.0879. The quantitative estimate of drug-likeness (QED) is 0.737. The lowest BCUT2D eigenvalue weighted by Gasteiger charge is -2.31. The number of piperidine rings is 1. The first-order chi connectivity index (χ1) is 6.93. The summed E-state index contributed by atoms with van der Waals surface area (Å²) >= 11 is 0. The molecule has 1 aliphatic heterocycles. The third kappa shape index (κ3) is 3.78. The van der Waals surface area contributed by atoms with Crippen molar-refractivity contribution >= 4 is 10.0 Å². The van der Waals surface area contributed by atoms with Crippen molar-refractivity contribution in [2.75, 3.05) is 19.3 Å². The van der Waals surface area contributed by atoms with Gasteiger partial charge in [-0.15, -0.1) is 0 Å². The molecule has 0 aromatic carbocycles. The molecule has 1 heterocycles. The zero-order valence-electron chi connectivity index (χ0n) is 9.10. The van der Waals surface area contributed by atoms with Crippen molar-refractivity contribution in [3.63, 3.8) is 0 Å². The number of hydrogen-bond acceptors (Lipinski definition) is 4. The molecule has 0 amide bonds. The number of rotatable bonds is 3. The molecule has 1 unspecified atom stereocenters. The van der Waals surface area contributed by atoms with Crippen LogP contribution >= 0.6 is 0 Å². The van der Waals surface area contributed by atoms with E-state index in [-0.39, 0.29) is 12.1 Å². The molecule has 15 heavy (non-hydrogen) atoms. The van der Waals surface area contributed by atoms with Crippen molar-refractivity contribution in [3.05, 3.63) is 0 Å². The van der Waals surface area contributed by atoms with Crippen LogP contribution in [0.1, 0.15) is 19.8 Å². The van der Waals surface area contributed by atoms with Crippen LogP contribution in [0.2, 0.25) is 0 Å². The summed E-state index contributed by atoms with van der Waals surface area (Å²) in [4.78, 5) is 0. The number of nitrogens with one attached hydrogen (secondary N) is 1. The van der Waals surface area contributed by atoms with Gasteiger partial charge in [0.2, 0.25) is 10.0 Å². The molecule has 1 N–H and O–H groups in total. The van der Waals surface area contributed by atoms with Gasteiger partial charge in [0.25, 0.3) is 0 Å². The Morgan fingerprint density at radius 3 is 2.40 bits per heavy atom. The lowest BCUT2D eigenvalue weighted by Crippen LogP contribution is -2.46. The molecule has 1 aliphatic rings. The molecule has 6 heteroatoms. The second-order valence-corrected chi connectivity index (χ2v) is 5.94. The van der Waals surface area contributed by atoms with Gasteiger partial charge in [0.15, 0.2) is 0 Å². The van der Waals surface area contributed by atoms with Gasteiger partial charge in [-0.3, -0.25) is 5.32 Å². The van der Waals surface area contributed by atoms with E-state index < -0.39 is 10.0 Å². The van der Waals surface area contributed by atoms with Crippen LogP contribution in [0.3, 0.4) is 0 Å². The summed E-state index contributed by atoms with van der Waals surface area (Å²) in [6.07, 6.45) is 2.79. The van der Waals surface area contributed by atoms with Crippen LogP contribution < -0.4 is 5.32 Å². The van der Waals surface area contributed by atoms with Crippen molar-refractivity contribution in [1.82, 2.24) is 9.62 Å². The lowest BCUT2D eigenvalue weighted by atomic mass is 10.1. The number of nitrogens with zero attached hydrogens (tertiary/aromatic N) is 2. The van der Waals surface area contributed by atoms with Gasteiger partial charge >= 0.3 is 0 Å². The highest BCUT2D eigenvalue weighted by Crippen LogP contribution is 2.13. The molecule has 0 spiro atoms. The Kier molecular flexibility index (Phi) is 4.08. The lowest BCUT2D eigenvalue weighted by molar-refractivity contribution is 0.286. The maximum atomic E-state index is 11.2. The van der Waals surface area contributed by atoms with Crippen molar-refractivity contribution in [2.45, 2.75) is 31.8 Å². The minimum atomic E-state index is -3.04. The standard InChI is InChI=1S/C9H17N3O2S/c1-8(7-10)11-9-3-5-12(6-4-9)15(2,13)14/h8-9,11H,3-6H2,1-2H3. The van der Waals surface area contributed by atoms with E-state index in [9.17, 15) is 8.42 Å². The van der Waals surface area contributed by atoms with Gasteiger partial charge in [0, 0.05) is 19.1 Å². The Bertz CT molecular complexity index is 339. The van der Waals surface area contributed by atoms with Crippen LogP contribution in [0.5, 0.6) is 0 Å². The smallest absolute Gasteiger partial charge is 0.211 e. The molecule has 0 radical (unpaired) electrons. The first kappa shape index (κ1) is 12.4. The molecule has 86 valence electrons. The highest BCUT2D eigenvalue weighted by Gasteiger charge is 2.25. The third-order valence-electron chi connectivity index (χ3n) is 2.60. The van der Waals surface area contributed by atoms with E-state index in [2.05, 4.69) is 11.4 Å². The average molecular weight is 231 g/mol. The fourth-order valence-electron chi connectivity index (χ4n) is 1.74. The molecular formula is C9H17N3O2S. The second kappa shape index (κ2) is 4.92. The summed E-state index contributed by atoms with van der Waals surface area (Å²) in [7, 11) is -3.04. The average Bonchev–Trinajstić information content (AvgIpc) is 2.17. The highest BCUT2D eigenvalue weighted by molar-refractivity contribution is 7.88. The molecule has 1 fully saturated rings. The summed E-state index contributed by atoms with van der Waals surface area (Å²) in [5.41, 5.74) is 0. The van der Waals surface area contributed by atoms with Crippen LogP contribution in [-0.2, 0) is 10.0 Å². The van der Waals surface area contributed by atoms with Gasteiger partial charge in [0.05, 0.1) is 18.4 Å². The van der Waals surface area contributed by atoms with Crippen molar-refractivity contribution < 1.29 is 8.42 Å². The van der Waals surface area contributed by atoms with E-state index >= 15 is 0 Å². The molecule has 0 saturated carbocycles. The number of sulfonamides is 1. The van der Waals surface area contributed by atoms with Crippen LogP contribution in [0.25, 0.3) is 0 Å². The number of hydrogen-bond donors (Lipinski definition) is 1. The third-order valence-corrected chi connectivity index (χ3v) is 3.91. The summed E-state index contributed by atoms with van der Waals surface area (Å²) in [6.45, 7) is 2.91. The van der Waals surface area contributed by atoms with Crippen LogP contribution in [0, 0.1) is 11.3 Å². The van der Waals surface area contributed by atoms with Gasteiger partial charge in [-0.05, 0) is 19.8 Å². The van der Waals surface area contributed by atoms with Crippen LogP contribution in [0.15, 0.2) is 0 Å². The first-order valence-electron chi connectivity index (χ1n) is 5.04. The van der Waals surface area contributed by atoms with Crippen molar-refractivity contribution in [2.24, 2.45) is 0 Å². The van der Waals surface area contributed by atoms with Gasteiger partial charge in [-0.25, -0.2) is 12.7 Å². The fourth-order valence-corrected chi connectivity index (χ4v) is 2.62. The van der Waals surface area contributed by atoms with E-state index in [0.29, 0.717) is 13.1 Å². The Hall–Kier alpha value is -0.640. The molecule has 0 aliphatic carbocycles. The summed E-state index contributed by atoms with van der Waals surface area (Å²) in [5.74, 6) is 0. The van der Waals surface area contributed by atoms with Gasteiger partial charge < -0.3 is 0 Å². The van der Waals surface area contributed by atoms with Crippen molar-refractivity contribution in [3.8, 4) is 6.07 Å². The maximum absolute atomic E-state index is 11.2. The van der Waals surface area contributed by atoms with Gasteiger partial charge in [0.1, 0.15) is 0 Å². The second-order valence-electron chi connectivity index (χ2n) is 3.95. The van der Waals surface area contributed by atoms with Crippen LogP contribution in [-0.4, -0.2) is 44.2 Å². The zero-order valence-corrected chi connectivity index (χ0v) is 9.92. The Balaban J connectivity index is 2.40. The summed E-state index contributed by atoms with van der Waals surface area (Å²) in [6, 6.07) is 2.21. The number of nitriles is 1. The molecule has 1 rings (SSSR count). The molecule has 0 aromatic heterocycles.